The summed E-state index contributed by atoms with van der Waals surface area (Å²) < 4.78 is 11.7. The van der Waals surface area contributed by atoms with E-state index in [0.29, 0.717) is 31.1 Å². The van der Waals surface area contributed by atoms with Crippen LogP contribution in [-0.2, 0) is 11.3 Å². The van der Waals surface area contributed by atoms with E-state index in [-0.39, 0.29) is 12.0 Å². The van der Waals surface area contributed by atoms with Crippen LogP contribution in [0.4, 0.5) is 0 Å². The van der Waals surface area contributed by atoms with Gasteiger partial charge < -0.3 is 20.1 Å². The second kappa shape index (κ2) is 10.2. The normalized spacial score (nSPS) is 14.9. The van der Waals surface area contributed by atoms with Crippen LogP contribution in [0.5, 0.6) is 5.75 Å². The highest BCUT2D eigenvalue weighted by atomic mass is 16.5. The molecule has 0 aromatic heterocycles. The summed E-state index contributed by atoms with van der Waals surface area (Å²) in [4.78, 5) is 14.8. The van der Waals surface area contributed by atoms with Crippen molar-refractivity contribution in [2.24, 2.45) is 5.73 Å². The molecular formula is C23H30N2O3. The predicted octanol–water partition coefficient (Wildman–Crippen LogP) is 3.54. The first kappa shape index (κ1) is 20.4. The van der Waals surface area contributed by atoms with Crippen molar-refractivity contribution in [3.05, 3.63) is 65.2 Å². The van der Waals surface area contributed by atoms with Gasteiger partial charge in [0.25, 0.3) is 5.91 Å². The van der Waals surface area contributed by atoms with Crippen LogP contribution in [0.2, 0.25) is 0 Å². The van der Waals surface area contributed by atoms with E-state index in [1.54, 1.807) is 0 Å². The Balaban J connectivity index is 1.52. The molecular weight excluding hydrogens is 352 g/mol. The summed E-state index contributed by atoms with van der Waals surface area (Å²) in [6, 6.07) is 15.7. The lowest BCUT2D eigenvalue weighted by Crippen LogP contribution is -2.41. The van der Waals surface area contributed by atoms with Gasteiger partial charge in [0.15, 0.2) is 0 Å². The summed E-state index contributed by atoms with van der Waals surface area (Å²) in [5, 5.41) is 0. The van der Waals surface area contributed by atoms with Crippen LogP contribution in [0, 0.1) is 6.92 Å². The highest BCUT2D eigenvalue weighted by Crippen LogP contribution is 2.20. The van der Waals surface area contributed by atoms with Gasteiger partial charge in [0.2, 0.25) is 0 Å². The fourth-order valence-electron chi connectivity index (χ4n) is 3.43. The van der Waals surface area contributed by atoms with Crippen LogP contribution in [-0.4, -0.2) is 43.2 Å². The molecule has 0 spiro atoms. The largest absolute Gasteiger partial charge is 0.489 e. The fraction of sp³-hybridized carbons (Fsp3) is 0.435. The van der Waals surface area contributed by atoms with Crippen molar-refractivity contribution in [1.29, 1.82) is 0 Å². The molecule has 0 aliphatic carbocycles. The highest BCUT2D eigenvalue weighted by molar-refractivity contribution is 5.94. The Morgan fingerprint density at radius 2 is 1.93 bits per heavy atom. The molecule has 0 radical (unpaired) electrons. The minimum absolute atomic E-state index is 0.0569. The van der Waals surface area contributed by atoms with Crippen molar-refractivity contribution in [3.8, 4) is 5.75 Å². The number of benzene rings is 2. The van der Waals surface area contributed by atoms with Crippen molar-refractivity contribution in [3.63, 3.8) is 0 Å². The summed E-state index contributed by atoms with van der Waals surface area (Å²) in [5.41, 5.74) is 8.50. The summed E-state index contributed by atoms with van der Waals surface area (Å²) in [6.45, 7) is 5.36. The number of carbonyl (C=O) groups excluding carboxylic acids is 1. The topological polar surface area (TPSA) is 64.8 Å². The zero-order valence-corrected chi connectivity index (χ0v) is 16.6. The minimum Gasteiger partial charge on any atom is -0.489 e. The van der Waals surface area contributed by atoms with Gasteiger partial charge in [0, 0.05) is 25.3 Å². The lowest BCUT2D eigenvalue weighted by molar-refractivity contribution is 0.00843. The number of piperidine rings is 1. The number of rotatable bonds is 8. The van der Waals surface area contributed by atoms with Crippen LogP contribution < -0.4 is 10.5 Å². The molecule has 1 saturated heterocycles. The van der Waals surface area contributed by atoms with Gasteiger partial charge in [0.05, 0.1) is 6.10 Å². The number of aryl methyl sites for hydroxylation is 1. The third kappa shape index (κ3) is 5.81. The fourth-order valence-corrected chi connectivity index (χ4v) is 3.43. The summed E-state index contributed by atoms with van der Waals surface area (Å²) >= 11 is 0. The number of nitrogens with zero attached hydrogens (tertiary/aromatic N) is 1. The molecule has 0 atom stereocenters. The molecule has 0 bridgehead atoms. The number of ether oxygens (including phenoxy) is 2. The molecule has 1 aliphatic rings. The molecule has 2 aromatic carbocycles. The van der Waals surface area contributed by atoms with E-state index in [9.17, 15) is 4.79 Å². The average Bonchev–Trinajstić information content (AvgIpc) is 2.73. The molecule has 1 fully saturated rings. The van der Waals surface area contributed by atoms with Crippen molar-refractivity contribution in [2.45, 2.75) is 38.9 Å². The monoisotopic (exact) mass is 382 g/mol. The standard InChI is InChI=1S/C23H30N2O3/c1-18-5-2-6-19(15-18)17-28-22-8-3-7-20(16-22)23(26)25-12-9-21(10-13-25)27-14-4-11-24/h2-3,5-8,15-16,21H,4,9-14,17,24H2,1H3. The molecule has 28 heavy (non-hydrogen) atoms. The molecule has 2 N–H and O–H groups in total. The van der Waals surface area contributed by atoms with E-state index in [1.165, 1.54) is 5.56 Å². The molecule has 150 valence electrons. The number of carbonyl (C=O) groups is 1. The Labute approximate surface area is 167 Å². The van der Waals surface area contributed by atoms with E-state index in [2.05, 4.69) is 19.1 Å². The Morgan fingerprint density at radius 1 is 1.14 bits per heavy atom. The first-order chi connectivity index (χ1) is 13.7. The number of nitrogens with two attached hydrogens (primary N) is 1. The number of hydrogen-bond donors (Lipinski definition) is 1. The predicted molar refractivity (Wildman–Crippen MR) is 111 cm³/mol. The van der Waals surface area contributed by atoms with Crippen molar-refractivity contribution in [1.82, 2.24) is 4.90 Å². The van der Waals surface area contributed by atoms with E-state index >= 15 is 0 Å². The van der Waals surface area contributed by atoms with Crippen molar-refractivity contribution in [2.75, 3.05) is 26.2 Å². The number of amides is 1. The molecule has 5 heteroatoms. The lowest BCUT2D eigenvalue weighted by Gasteiger charge is -2.32. The Morgan fingerprint density at radius 3 is 2.68 bits per heavy atom. The second-order valence-electron chi connectivity index (χ2n) is 7.31. The van der Waals surface area contributed by atoms with E-state index in [0.717, 1.165) is 37.9 Å². The van der Waals surface area contributed by atoms with Crippen LogP contribution in [0.25, 0.3) is 0 Å². The SMILES string of the molecule is Cc1cccc(COc2cccc(C(=O)N3CCC(OCCCN)CC3)c2)c1. The second-order valence-corrected chi connectivity index (χ2v) is 7.31. The van der Waals surface area contributed by atoms with Crippen LogP contribution >= 0.6 is 0 Å². The summed E-state index contributed by atoms with van der Waals surface area (Å²) in [5.74, 6) is 0.772. The van der Waals surface area contributed by atoms with Crippen LogP contribution in [0.3, 0.4) is 0 Å². The zero-order valence-electron chi connectivity index (χ0n) is 16.6. The Kier molecular flexibility index (Phi) is 7.46. The van der Waals surface area contributed by atoms with Gasteiger partial charge in [-0.2, -0.15) is 0 Å². The Bertz CT molecular complexity index is 770. The van der Waals surface area contributed by atoms with Crippen molar-refractivity contribution >= 4 is 5.91 Å². The smallest absolute Gasteiger partial charge is 0.253 e. The van der Waals surface area contributed by atoms with Crippen molar-refractivity contribution < 1.29 is 14.3 Å². The Hall–Kier alpha value is -2.37. The van der Waals surface area contributed by atoms with Gasteiger partial charge in [-0.15, -0.1) is 0 Å². The lowest BCUT2D eigenvalue weighted by atomic mass is 10.1. The molecule has 5 nitrogen and oxygen atoms in total. The third-order valence-corrected chi connectivity index (χ3v) is 5.00. The van der Waals surface area contributed by atoms with Gasteiger partial charge in [0.1, 0.15) is 12.4 Å². The molecule has 2 aromatic rings. The van der Waals surface area contributed by atoms with Crippen LogP contribution in [0.15, 0.2) is 48.5 Å². The maximum Gasteiger partial charge on any atom is 0.253 e. The first-order valence-corrected chi connectivity index (χ1v) is 10.0. The number of hydrogen-bond acceptors (Lipinski definition) is 4. The number of likely N-dealkylation sites (tertiary alicyclic amines) is 1. The summed E-state index contributed by atoms with van der Waals surface area (Å²) in [6.07, 6.45) is 2.87. The molecule has 0 saturated carbocycles. The molecule has 0 unspecified atom stereocenters. The van der Waals surface area contributed by atoms with Crippen LogP contribution in [0.1, 0.15) is 40.7 Å². The first-order valence-electron chi connectivity index (χ1n) is 10.0. The highest BCUT2D eigenvalue weighted by Gasteiger charge is 2.24. The maximum atomic E-state index is 12.9. The molecule has 3 rings (SSSR count). The third-order valence-electron chi connectivity index (χ3n) is 5.00. The van der Waals surface area contributed by atoms with Gasteiger partial charge in [-0.3, -0.25) is 4.79 Å². The van der Waals surface area contributed by atoms with Gasteiger partial charge in [-0.05, 0) is 56.5 Å². The molecule has 1 aliphatic heterocycles. The van der Waals surface area contributed by atoms with E-state index in [4.69, 9.17) is 15.2 Å². The zero-order chi connectivity index (χ0) is 19.8. The van der Waals surface area contributed by atoms with Gasteiger partial charge >= 0.3 is 0 Å². The van der Waals surface area contributed by atoms with E-state index in [1.807, 2.05) is 41.3 Å². The summed E-state index contributed by atoms with van der Waals surface area (Å²) in [7, 11) is 0. The molecule has 1 heterocycles. The molecule has 1 amide bonds. The van der Waals surface area contributed by atoms with E-state index < -0.39 is 0 Å². The average molecular weight is 383 g/mol. The van der Waals surface area contributed by atoms with Gasteiger partial charge in [-0.25, -0.2) is 0 Å². The maximum absolute atomic E-state index is 12.9. The quantitative estimate of drug-likeness (QED) is 0.709. The minimum atomic E-state index is 0.0569. The van der Waals surface area contributed by atoms with Gasteiger partial charge in [-0.1, -0.05) is 35.9 Å².